The Kier molecular flexibility index (Phi) is 5.55. The highest BCUT2D eigenvalue weighted by Crippen LogP contribution is 2.32. The van der Waals surface area contributed by atoms with Crippen LogP contribution in [0.2, 0.25) is 0 Å². The number of thiophene rings is 1. The summed E-state index contributed by atoms with van der Waals surface area (Å²) in [6, 6.07) is 8.33. The van der Waals surface area contributed by atoms with Crippen LogP contribution in [0.3, 0.4) is 0 Å². The molecule has 0 unspecified atom stereocenters. The summed E-state index contributed by atoms with van der Waals surface area (Å²) in [5.41, 5.74) is 9.14. The fourth-order valence-corrected chi connectivity index (χ4v) is 3.49. The first-order valence-electron chi connectivity index (χ1n) is 7.63. The van der Waals surface area contributed by atoms with E-state index in [4.69, 9.17) is 5.73 Å². The molecular formula is C18H22N2O2S. The van der Waals surface area contributed by atoms with Crippen molar-refractivity contribution in [2.45, 2.75) is 40.0 Å². The molecule has 4 nitrogen and oxygen atoms in total. The first-order chi connectivity index (χ1) is 10.9. The van der Waals surface area contributed by atoms with Crippen molar-refractivity contribution in [1.29, 1.82) is 0 Å². The lowest BCUT2D eigenvalue weighted by molar-refractivity contribution is -0.116. The zero-order valence-corrected chi connectivity index (χ0v) is 14.5. The van der Waals surface area contributed by atoms with Gasteiger partial charge in [-0.1, -0.05) is 29.8 Å². The lowest BCUT2D eigenvalue weighted by Gasteiger charge is -2.06. The van der Waals surface area contributed by atoms with Crippen molar-refractivity contribution in [3.8, 4) is 0 Å². The molecule has 0 saturated heterocycles. The Morgan fingerprint density at radius 3 is 2.39 bits per heavy atom. The first-order valence-corrected chi connectivity index (χ1v) is 8.45. The third-order valence-corrected chi connectivity index (χ3v) is 5.00. The number of carbonyl (C=O) groups excluding carboxylic acids is 2. The van der Waals surface area contributed by atoms with Gasteiger partial charge in [0.25, 0.3) is 5.91 Å². The normalized spacial score (nSPS) is 10.6. The third-order valence-electron chi connectivity index (χ3n) is 3.87. The Bertz CT molecular complexity index is 717. The van der Waals surface area contributed by atoms with Gasteiger partial charge < -0.3 is 11.1 Å². The molecule has 0 fully saturated rings. The molecule has 1 aromatic heterocycles. The van der Waals surface area contributed by atoms with Gasteiger partial charge in [-0.25, -0.2) is 0 Å². The van der Waals surface area contributed by atoms with Crippen molar-refractivity contribution in [2.24, 2.45) is 5.73 Å². The predicted octanol–water partition coefficient (Wildman–Crippen LogP) is 3.73. The second-order valence-electron chi connectivity index (χ2n) is 5.74. The van der Waals surface area contributed by atoms with Crippen LogP contribution in [-0.4, -0.2) is 11.8 Å². The maximum Gasteiger partial charge on any atom is 0.251 e. The number of anilines is 1. The van der Waals surface area contributed by atoms with Crippen molar-refractivity contribution < 1.29 is 9.59 Å². The number of hydrogen-bond donors (Lipinski definition) is 2. The van der Waals surface area contributed by atoms with Crippen LogP contribution in [0.15, 0.2) is 24.3 Å². The number of nitrogens with two attached hydrogens (primary N) is 1. The van der Waals surface area contributed by atoms with Gasteiger partial charge in [0.05, 0.1) is 5.56 Å². The van der Waals surface area contributed by atoms with Crippen LogP contribution < -0.4 is 11.1 Å². The van der Waals surface area contributed by atoms with Gasteiger partial charge in [0.1, 0.15) is 5.00 Å². The fraction of sp³-hybridized carbons (Fsp3) is 0.333. The average Bonchev–Trinajstić information content (AvgIpc) is 2.75. The number of aryl methyl sites for hydroxylation is 3. The number of primary amides is 1. The molecule has 0 aliphatic carbocycles. The van der Waals surface area contributed by atoms with E-state index in [-0.39, 0.29) is 5.91 Å². The Hall–Kier alpha value is -2.14. The molecule has 1 aromatic carbocycles. The third kappa shape index (κ3) is 4.42. The SMILES string of the molecule is Cc1ccc(CCCC(=O)Nc2sc(C)c(C)c2C(N)=O)cc1. The maximum atomic E-state index is 12.1. The van der Waals surface area contributed by atoms with Crippen LogP contribution in [0, 0.1) is 20.8 Å². The van der Waals surface area contributed by atoms with E-state index in [0.29, 0.717) is 17.0 Å². The fourth-order valence-electron chi connectivity index (χ4n) is 2.41. The van der Waals surface area contributed by atoms with Crippen LogP contribution in [0.5, 0.6) is 0 Å². The van der Waals surface area contributed by atoms with E-state index in [0.717, 1.165) is 23.3 Å². The topological polar surface area (TPSA) is 72.2 Å². The van der Waals surface area contributed by atoms with Crippen LogP contribution >= 0.6 is 11.3 Å². The van der Waals surface area contributed by atoms with Gasteiger partial charge in [-0.05, 0) is 44.7 Å². The number of rotatable bonds is 6. The van der Waals surface area contributed by atoms with Gasteiger partial charge in [-0.2, -0.15) is 0 Å². The van der Waals surface area contributed by atoms with Gasteiger partial charge in [0.15, 0.2) is 0 Å². The highest BCUT2D eigenvalue weighted by Gasteiger charge is 2.18. The van der Waals surface area contributed by atoms with Crippen molar-refractivity contribution >= 4 is 28.2 Å². The molecule has 1 heterocycles. The monoisotopic (exact) mass is 330 g/mol. The number of amides is 2. The summed E-state index contributed by atoms with van der Waals surface area (Å²) in [6.45, 7) is 5.82. The number of carbonyl (C=O) groups is 2. The highest BCUT2D eigenvalue weighted by atomic mass is 32.1. The largest absolute Gasteiger partial charge is 0.365 e. The molecule has 3 N–H and O–H groups in total. The first kappa shape index (κ1) is 17.2. The number of benzene rings is 1. The standard InChI is InChI=1S/C18H22N2O2S/c1-11-7-9-14(10-8-11)5-4-6-15(21)20-18-16(17(19)22)12(2)13(3)23-18/h7-10H,4-6H2,1-3H3,(H2,19,22)(H,20,21). The minimum atomic E-state index is -0.498. The minimum Gasteiger partial charge on any atom is -0.365 e. The summed E-state index contributed by atoms with van der Waals surface area (Å²) >= 11 is 1.40. The Morgan fingerprint density at radius 1 is 1.13 bits per heavy atom. The molecule has 0 aliphatic rings. The number of nitrogens with one attached hydrogen (secondary N) is 1. The second-order valence-corrected chi connectivity index (χ2v) is 6.96. The maximum absolute atomic E-state index is 12.1. The number of hydrogen-bond acceptors (Lipinski definition) is 3. The molecule has 0 radical (unpaired) electrons. The van der Waals surface area contributed by atoms with Crippen molar-refractivity contribution in [3.63, 3.8) is 0 Å². The molecule has 5 heteroatoms. The smallest absolute Gasteiger partial charge is 0.251 e. The Morgan fingerprint density at radius 2 is 1.78 bits per heavy atom. The summed E-state index contributed by atoms with van der Waals surface area (Å²) in [5, 5.41) is 3.39. The van der Waals surface area contributed by atoms with Crippen molar-refractivity contribution in [3.05, 3.63) is 51.4 Å². The summed E-state index contributed by atoms with van der Waals surface area (Å²) in [4.78, 5) is 24.6. The molecule has 2 rings (SSSR count). The van der Waals surface area contributed by atoms with Crippen LogP contribution in [-0.2, 0) is 11.2 Å². The van der Waals surface area contributed by atoms with Gasteiger partial charge in [0, 0.05) is 11.3 Å². The zero-order chi connectivity index (χ0) is 17.0. The summed E-state index contributed by atoms with van der Waals surface area (Å²) < 4.78 is 0. The van der Waals surface area contributed by atoms with Crippen LogP contribution in [0.1, 0.15) is 44.8 Å². The van der Waals surface area contributed by atoms with E-state index in [9.17, 15) is 9.59 Å². The molecule has 23 heavy (non-hydrogen) atoms. The van der Waals surface area contributed by atoms with E-state index in [2.05, 4.69) is 36.5 Å². The van der Waals surface area contributed by atoms with Gasteiger partial charge in [0.2, 0.25) is 5.91 Å². The van der Waals surface area contributed by atoms with E-state index >= 15 is 0 Å². The van der Waals surface area contributed by atoms with E-state index < -0.39 is 5.91 Å². The van der Waals surface area contributed by atoms with Crippen LogP contribution in [0.25, 0.3) is 0 Å². The highest BCUT2D eigenvalue weighted by molar-refractivity contribution is 7.16. The molecule has 0 aliphatic heterocycles. The summed E-state index contributed by atoms with van der Waals surface area (Å²) in [5.74, 6) is -0.581. The van der Waals surface area contributed by atoms with Gasteiger partial charge in [-0.3, -0.25) is 9.59 Å². The molecule has 0 bridgehead atoms. The average molecular weight is 330 g/mol. The second kappa shape index (κ2) is 7.42. The summed E-state index contributed by atoms with van der Waals surface area (Å²) in [6.07, 6.45) is 2.05. The van der Waals surface area contributed by atoms with E-state index in [1.165, 1.54) is 22.5 Å². The van der Waals surface area contributed by atoms with Gasteiger partial charge in [-0.15, -0.1) is 11.3 Å². The minimum absolute atomic E-state index is 0.0825. The van der Waals surface area contributed by atoms with Gasteiger partial charge >= 0.3 is 0 Å². The molecule has 0 atom stereocenters. The Labute approximate surface area is 140 Å². The van der Waals surface area contributed by atoms with Crippen molar-refractivity contribution in [2.75, 3.05) is 5.32 Å². The lowest BCUT2D eigenvalue weighted by atomic mass is 10.1. The summed E-state index contributed by atoms with van der Waals surface area (Å²) in [7, 11) is 0. The quantitative estimate of drug-likeness (QED) is 0.847. The van der Waals surface area contributed by atoms with Crippen LogP contribution in [0.4, 0.5) is 5.00 Å². The van der Waals surface area contributed by atoms with E-state index in [1.807, 2.05) is 13.8 Å². The molecule has 0 saturated carbocycles. The van der Waals surface area contributed by atoms with E-state index in [1.54, 1.807) is 0 Å². The molecule has 2 amide bonds. The molecule has 122 valence electrons. The Balaban J connectivity index is 1.91. The lowest BCUT2D eigenvalue weighted by Crippen LogP contribution is -2.17. The molecular weight excluding hydrogens is 308 g/mol. The zero-order valence-electron chi connectivity index (χ0n) is 13.7. The molecule has 2 aromatic rings. The van der Waals surface area contributed by atoms with Crippen molar-refractivity contribution in [1.82, 2.24) is 0 Å². The molecule has 0 spiro atoms. The predicted molar refractivity (Wildman–Crippen MR) is 95.1 cm³/mol.